The molecule has 0 spiro atoms. The van der Waals surface area contributed by atoms with Crippen LogP contribution in [0.15, 0.2) is 29.1 Å². The van der Waals surface area contributed by atoms with Crippen molar-refractivity contribution in [1.82, 2.24) is 19.4 Å². The maximum Gasteiger partial charge on any atom is 0.261 e. The van der Waals surface area contributed by atoms with E-state index in [-0.39, 0.29) is 17.5 Å². The molecule has 2 rings (SSSR count). The zero-order valence-corrected chi connectivity index (χ0v) is 19.4. The summed E-state index contributed by atoms with van der Waals surface area (Å²) in [4.78, 5) is 35.1. The summed E-state index contributed by atoms with van der Waals surface area (Å²) in [6.45, 7) is 8.22. The van der Waals surface area contributed by atoms with Crippen LogP contribution in [0.2, 0.25) is 0 Å². The topological polar surface area (TPSA) is 58.4 Å². The van der Waals surface area contributed by atoms with E-state index in [4.69, 9.17) is 4.98 Å². The van der Waals surface area contributed by atoms with Crippen LogP contribution in [0.25, 0.3) is 10.9 Å². The standard InChI is InChI=1S/C24H38N4O2/c1-6-8-9-10-15-22(29)27(18-17-26(4)5)19(3)23-25-21-14-12-11-13-20(21)24(30)28(23)16-7-2/h11-14,19H,6-10,15-18H2,1-5H3. The first-order valence-electron chi connectivity index (χ1n) is 11.3. The maximum atomic E-state index is 13.2. The van der Waals surface area contributed by atoms with Gasteiger partial charge >= 0.3 is 0 Å². The summed E-state index contributed by atoms with van der Waals surface area (Å²) >= 11 is 0. The Morgan fingerprint density at radius 3 is 2.47 bits per heavy atom. The molecule has 0 bridgehead atoms. The first kappa shape index (κ1) is 24.1. The van der Waals surface area contributed by atoms with Gasteiger partial charge in [-0.3, -0.25) is 14.2 Å². The second-order valence-corrected chi connectivity index (χ2v) is 8.32. The third-order valence-corrected chi connectivity index (χ3v) is 5.53. The van der Waals surface area contributed by atoms with Crippen molar-refractivity contribution in [3.63, 3.8) is 0 Å². The van der Waals surface area contributed by atoms with E-state index in [1.807, 2.05) is 50.2 Å². The van der Waals surface area contributed by atoms with E-state index in [0.717, 1.165) is 38.6 Å². The highest BCUT2D eigenvalue weighted by Crippen LogP contribution is 2.22. The predicted molar refractivity (Wildman–Crippen MR) is 124 cm³/mol. The molecule has 30 heavy (non-hydrogen) atoms. The fourth-order valence-corrected chi connectivity index (χ4v) is 3.77. The Labute approximate surface area is 180 Å². The van der Waals surface area contributed by atoms with Gasteiger partial charge in [-0.15, -0.1) is 0 Å². The molecule has 2 aromatic rings. The average Bonchev–Trinajstić information content (AvgIpc) is 2.73. The third-order valence-electron chi connectivity index (χ3n) is 5.53. The van der Waals surface area contributed by atoms with E-state index in [1.54, 1.807) is 4.57 Å². The van der Waals surface area contributed by atoms with Gasteiger partial charge < -0.3 is 9.80 Å². The minimum Gasteiger partial charge on any atom is -0.332 e. The van der Waals surface area contributed by atoms with Gasteiger partial charge in [0.15, 0.2) is 0 Å². The van der Waals surface area contributed by atoms with Gasteiger partial charge in [-0.2, -0.15) is 0 Å². The van der Waals surface area contributed by atoms with Gasteiger partial charge in [-0.05, 0) is 46.0 Å². The van der Waals surface area contributed by atoms with Crippen molar-refractivity contribution >= 4 is 16.8 Å². The summed E-state index contributed by atoms with van der Waals surface area (Å²) in [7, 11) is 4.02. The van der Waals surface area contributed by atoms with E-state index in [2.05, 4.69) is 18.7 Å². The first-order valence-corrected chi connectivity index (χ1v) is 11.3. The van der Waals surface area contributed by atoms with Crippen molar-refractivity contribution in [2.45, 2.75) is 71.9 Å². The monoisotopic (exact) mass is 414 g/mol. The molecule has 0 N–H and O–H groups in total. The van der Waals surface area contributed by atoms with Crippen LogP contribution in [0.5, 0.6) is 0 Å². The highest BCUT2D eigenvalue weighted by Gasteiger charge is 2.25. The Morgan fingerprint density at radius 2 is 1.80 bits per heavy atom. The van der Waals surface area contributed by atoms with Crippen LogP contribution in [0.4, 0.5) is 0 Å². The number of aromatic nitrogens is 2. The smallest absolute Gasteiger partial charge is 0.261 e. The fraction of sp³-hybridized carbons (Fsp3) is 0.625. The lowest BCUT2D eigenvalue weighted by Crippen LogP contribution is -2.41. The van der Waals surface area contributed by atoms with E-state index >= 15 is 0 Å². The van der Waals surface area contributed by atoms with Gasteiger partial charge in [0, 0.05) is 26.1 Å². The van der Waals surface area contributed by atoms with Gasteiger partial charge in [0.25, 0.3) is 5.56 Å². The lowest BCUT2D eigenvalue weighted by atomic mass is 10.1. The van der Waals surface area contributed by atoms with Gasteiger partial charge in [0.1, 0.15) is 5.82 Å². The Kier molecular flexibility index (Phi) is 9.50. The molecule has 1 aromatic heterocycles. The molecule has 0 aliphatic rings. The molecule has 6 heteroatoms. The van der Waals surface area contributed by atoms with Gasteiger partial charge in [0.05, 0.1) is 16.9 Å². The molecule has 0 saturated carbocycles. The molecule has 0 aliphatic heterocycles. The van der Waals surface area contributed by atoms with Gasteiger partial charge in [0.2, 0.25) is 5.91 Å². The van der Waals surface area contributed by atoms with Gasteiger partial charge in [-0.25, -0.2) is 4.98 Å². The van der Waals surface area contributed by atoms with Crippen LogP contribution in [-0.4, -0.2) is 52.4 Å². The number of nitrogens with zero attached hydrogens (tertiary/aromatic N) is 4. The van der Waals surface area contributed by atoms with E-state index < -0.39 is 0 Å². The Balaban J connectivity index is 2.40. The molecule has 1 unspecified atom stereocenters. The SMILES string of the molecule is CCCCCCC(=O)N(CCN(C)C)C(C)c1nc2ccccc2c(=O)n1CCC. The number of carbonyl (C=O) groups is 1. The second kappa shape index (κ2) is 11.8. The normalized spacial score (nSPS) is 12.5. The number of unbranched alkanes of at least 4 members (excludes halogenated alkanes) is 3. The van der Waals surface area contributed by atoms with E-state index in [9.17, 15) is 9.59 Å². The molecule has 0 aliphatic carbocycles. The number of rotatable bonds is 12. The van der Waals surface area contributed by atoms with Crippen molar-refractivity contribution in [3.8, 4) is 0 Å². The molecule has 0 saturated heterocycles. The van der Waals surface area contributed by atoms with Crippen LogP contribution < -0.4 is 5.56 Å². The predicted octanol–water partition coefficient (Wildman–Crippen LogP) is 4.23. The van der Waals surface area contributed by atoms with Crippen molar-refractivity contribution in [3.05, 3.63) is 40.4 Å². The molecule has 0 fully saturated rings. The van der Waals surface area contributed by atoms with Crippen molar-refractivity contribution in [2.75, 3.05) is 27.2 Å². The first-order chi connectivity index (χ1) is 14.4. The summed E-state index contributed by atoms with van der Waals surface area (Å²) in [5.74, 6) is 0.826. The van der Waals surface area contributed by atoms with Crippen LogP contribution in [0, 0.1) is 0 Å². The van der Waals surface area contributed by atoms with E-state index in [1.165, 1.54) is 0 Å². The number of hydrogen-bond acceptors (Lipinski definition) is 4. The molecule has 166 valence electrons. The van der Waals surface area contributed by atoms with Crippen LogP contribution in [0.1, 0.15) is 71.2 Å². The summed E-state index contributed by atoms with van der Waals surface area (Å²) in [6, 6.07) is 7.21. The maximum absolute atomic E-state index is 13.2. The van der Waals surface area contributed by atoms with Crippen LogP contribution >= 0.6 is 0 Å². The average molecular weight is 415 g/mol. The number of para-hydroxylation sites is 1. The highest BCUT2D eigenvalue weighted by atomic mass is 16.2. The lowest BCUT2D eigenvalue weighted by molar-refractivity contribution is -0.133. The number of carbonyl (C=O) groups excluding carboxylic acids is 1. The second-order valence-electron chi connectivity index (χ2n) is 8.32. The molecule has 0 radical (unpaired) electrons. The molecular weight excluding hydrogens is 376 g/mol. The van der Waals surface area contributed by atoms with Crippen LogP contribution in [-0.2, 0) is 11.3 Å². The highest BCUT2D eigenvalue weighted by molar-refractivity contribution is 5.78. The largest absolute Gasteiger partial charge is 0.332 e. The van der Waals surface area contributed by atoms with E-state index in [0.29, 0.717) is 36.2 Å². The summed E-state index contributed by atoms with van der Waals surface area (Å²) in [5, 5.41) is 0.632. The number of likely N-dealkylation sites (N-methyl/N-ethyl adjacent to an activating group) is 1. The Hall–Kier alpha value is -2.21. The number of hydrogen-bond donors (Lipinski definition) is 0. The fourth-order valence-electron chi connectivity index (χ4n) is 3.77. The minimum absolute atomic E-state index is 0.0211. The Bertz CT molecular complexity index is 875. The third kappa shape index (κ3) is 6.14. The summed E-state index contributed by atoms with van der Waals surface area (Å²) < 4.78 is 1.76. The van der Waals surface area contributed by atoms with Crippen molar-refractivity contribution in [1.29, 1.82) is 0 Å². The number of benzene rings is 1. The zero-order chi connectivity index (χ0) is 22.1. The number of amides is 1. The molecule has 6 nitrogen and oxygen atoms in total. The molecule has 1 amide bonds. The molecule has 1 atom stereocenters. The lowest BCUT2D eigenvalue weighted by Gasteiger charge is -2.31. The quantitative estimate of drug-likeness (QED) is 0.488. The summed E-state index contributed by atoms with van der Waals surface area (Å²) in [6.07, 6.45) is 5.67. The van der Waals surface area contributed by atoms with Gasteiger partial charge in [-0.1, -0.05) is 45.2 Å². The molecular formula is C24H38N4O2. The van der Waals surface area contributed by atoms with Crippen molar-refractivity contribution in [2.24, 2.45) is 0 Å². The van der Waals surface area contributed by atoms with Crippen LogP contribution in [0.3, 0.4) is 0 Å². The summed E-state index contributed by atoms with van der Waals surface area (Å²) in [5.41, 5.74) is 0.673. The molecule has 1 heterocycles. The van der Waals surface area contributed by atoms with Crippen molar-refractivity contribution < 1.29 is 4.79 Å². The Morgan fingerprint density at radius 1 is 1.07 bits per heavy atom. The minimum atomic E-state index is -0.257. The number of fused-ring (bicyclic) bond motifs is 1. The zero-order valence-electron chi connectivity index (χ0n) is 19.4. The molecule has 1 aromatic carbocycles.